The Balaban J connectivity index is 2.59. The number of carbonyl (C=O) groups excluding carboxylic acids is 1. The van der Waals surface area contributed by atoms with Gasteiger partial charge in [-0.1, -0.05) is 77.6 Å². The van der Waals surface area contributed by atoms with Gasteiger partial charge in [0.1, 0.15) is 3.23 Å². The van der Waals surface area contributed by atoms with Crippen LogP contribution in [0.2, 0.25) is 0 Å². The second-order valence-electron chi connectivity index (χ2n) is 4.96. The Morgan fingerprint density at radius 3 is 2.13 bits per heavy atom. The van der Waals surface area contributed by atoms with Crippen molar-refractivity contribution in [3.8, 4) is 0 Å². The lowest BCUT2D eigenvalue weighted by Crippen LogP contribution is -2.39. The van der Waals surface area contributed by atoms with Gasteiger partial charge >= 0.3 is 0 Å². The zero-order valence-electron chi connectivity index (χ0n) is 8.49. The molecule has 0 amide bonds. The normalized spacial score (nSPS) is 47.9. The number of hydrogen-bond donors (Lipinski definition) is 0. The molecule has 2 aliphatic carbocycles. The first-order valence-electron chi connectivity index (χ1n) is 4.90. The molecule has 5 heteroatoms. The lowest BCUT2D eigenvalue weighted by atomic mass is 9.70. The Morgan fingerprint density at radius 1 is 1.33 bits per heavy atom. The Kier molecular flexibility index (Phi) is 3.08. The second-order valence-corrected chi connectivity index (χ2v) is 11.6. The molecule has 15 heavy (non-hydrogen) atoms. The molecule has 1 nitrogen and oxygen atoms in total. The summed E-state index contributed by atoms with van der Waals surface area (Å²) >= 11 is 14.4. The molecule has 0 unspecified atom stereocenters. The van der Waals surface area contributed by atoms with Crippen molar-refractivity contribution >= 4 is 69.5 Å². The van der Waals surface area contributed by atoms with Crippen LogP contribution in [0.4, 0.5) is 0 Å². The number of hydrogen-bond acceptors (Lipinski definition) is 1. The van der Waals surface area contributed by atoms with E-state index in [1.165, 1.54) is 0 Å². The topological polar surface area (TPSA) is 17.1 Å². The van der Waals surface area contributed by atoms with E-state index in [0.29, 0.717) is 5.92 Å². The summed E-state index contributed by atoms with van der Waals surface area (Å²) in [5.41, 5.74) is -0.292. The Bertz CT molecular complexity index is 327. The van der Waals surface area contributed by atoms with E-state index in [2.05, 4.69) is 77.6 Å². The number of alkyl halides is 4. The fraction of sp³-hybridized carbons (Fsp3) is 0.900. The molecule has 0 aromatic carbocycles. The SMILES string of the molecule is C[C@]12CC[C@H](C(Br)(Br)C1=O)[C@]2(C)C(Br)Br. The molecule has 0 spiro atoms. The Morgan fingerprint density at radius 2 is 1.87 bits per heavy atom. The molecule has 0 aliphatic heterocycles. The van der Waals surface area contributed by atoms with Crippen LogP contribution in [-0.2, 0) is 4.79 Å². The average molecular weight is 468 g/mol. The van der Waals surface area contributed by atoms with E-state index in [1.807, 2.05) is 0 Å². The van der Waals surface area contributed by atoms with Crippen molar-refractivity contribution in [2.24, 2.45) is 16.7 Å². The van der Waals surface area contributed by atoms with E-state index < -0.39 is 3.23 Å². The average Bonchev–Trinajstić information content (AvgIpc) is 2.44. The molecular formula is C10H12Br4O. The summed E-state index contributed by atoms with van der Waals surface area (Å²) in [5.74, 6) is 0.615. The number of ketones is 1. The third-order valence-electron chi connectivity index (χ3n) is 4.54. The smallest absolute Gasteiger partial charge is 0.166 e. The summed E-state index contributed by atoms with van der Waals surface area (Å²) in [7, 11) is 0. The van der Waals surface area contributed by atoms with Crippen LogP contribution in [-0.4, -0.2) is 12.8 Å². The van der Waals surface area contributed by atoms with E-state index in [0.717, 1.165) is 12.8 Å². The highest BCUT2D eigenvalue weighted by molar-refractivity contribution is 9.26. The van der Waals surface area contributed by atoms with E-state index in [4.69, 9.17) is 0 Å². The van der Waals surface area contributed by atoms with Crippen molar-refractivity contribution in [2.45, 2.75) is 33.7 Å². The van der Waals surface area contributed by atoms with Gasteiger partial charge in [-0.15, -0.1) is 0 Å². The maximum absolute atomic E-state index is 12.4. The van der Waals surface area contributed by atoms with Crippen LogP contribution in [0.25, 0.3) is 0 Å². The van der Waals surface area contributed by atoms with Gasteiger partial charge in [0.15, 0.2) is 5.78 Å². The van der Waals surface area contributed by atoms with Gasteiger partial charge in [-0.3, -0.25) is 4.79 Å². The summed E-state index contributed by atoms with van der Waals surface area (Å²) in [6.07, 6.45) is 2.07. The van der Waals surface area contributed by atoms with Gasteiger partial charge in [0.2, 0.25) is 0 Å². The highest BCUT2D eigenvalue weighted by Crippen LogP contribution is 2.73. The maximum Gasteiger partial charge on any atom is 0.166 e. The summed E-state index contributed by atoms with van der Waals surface area (Å²) in [6.45, 7) is 4.29. The molecule has 0 N–H and O–H groups in total. The fourth-order valence-corrected chi connectivity index (χ4v) is 7.15. The summed E-state index contributed by atoms with van der Waals surface area (Å²) in [4.78, 5) is 12.4. The first kappa shape index (κ1) is 13.0. The molecule has 2 rings (SSSR count). The highest BCUT2D eigenvalue weighted by Gasteiger charge is 2.74. The molecule has 0 aromatic heterocycles. The molecule has 86 valence electrons. The minimum atomic E-state index is -0.526. The van der Waals surface area contributed by atoms with E-state index >= 15 is 0 Å². The lowest BCUT2D eigenvalue weighted by Gasteiger charge is -2.38. The molecule has 0 aromatic rings. The van der Waals surface area contributed by atoms with Crippen LogP contribution < -0.4 is 0 Å². The third-order valence-corrected chi connectivity index (χ3v) is 8.27. The predicted molar refractivity (Wildman–Crippen MR) is 76.2 cm³/mol. The molecule has 2 fully saturated rings. The van der Waals surface area contributed by atoms with Crippen LogP contribution in [0, 0.1) is 16.7 Å². The Hall–Kier alpha value is 1.59. The van der Waals surface area contributed by atoms with E-state index in [9.17, 15) is 4.79 Å². The van der Waals surface area contributed by atoms with Gasteiger partial charge in [-0.2, -0.15) is 0 Å². The summed E-state index contributed by atoms with van der Waals surface area (Å²) < 4.78 is -0.363. The van der Waals surface area contributed by atoms with Gasteiger partial charge in [0.05, 0.1) is 3.74 Å². The van der Waals surface area contributed by atoms with Crippen molar-refractivity contribution in [1.29, 1.82) is 0 Å². The molecule has 2 aliphatic rings. The number of halogens is 4. The predicted octanol–water partition coefficient (Wildman–Crippen LogP) is 4.59. The first-order valence-corrected chi connectivity index (χ1v) is 8.31. The summed E-state index contributed by atoms with van der Waals surface area (Å²) in [5, 5.41) is 0. The van der Waals surface area contributed by atoms with Gasteiger partial charge in [0, 0.05) is 10.8 Å². The molecule has 2 bridgehead atoms. The minimum absolute atomic E-state index is 0.0446. The maximum atomic E-state index is 12.4. The second kappa shape index (κ2) is 3.55. The highest BCUT2D eigenvalue weighted by atomic mass is 79.9. The van der Waals surface area contributed by atoms with E-state index in [-0.39, 0.29) is 20.3 Å². The van der Waals surface area contributed by atoms with Gasteiger partial charge in [-0.25, -0.2) is 0 Å². The van der Waals surface area contributed by atoms with Crippen molar-refractivity contribution in [2.75, 3.05) is 0 Å². The fourth-order valence-electron chi connectivity index (χ4n) is 3.22. The van der Waals surface area contributed by atoms with Crippen LogP contribution in [0.5, 0.6) is 0 Å². The lowest BCUT2D eigenvalue weighted by molar-refractivity contribution is -0.128. The minimum Gasteiger partial charge on any atom is -0.296 e. The van der Waals surface area contributed by atoms with Crippen molar-refractivity contribution in [3.05, 3.63) is 0 Å². The van der Waals surface area contributed by atoms with Crippen LogP contribution in [0.3, 0.4) is 0 Å². The molecule has 0 saturated heterocycles. The molecule has 2 saturated carbocycles. The molecule has 3 atom stereocenters. The summed E-state index contributed by atoms with van der Waals surface area (Å²) in [6, 6.07) is 0. The van der Waals surface area contributed by atoms with Crippen molar-refractivity contribution < 1.29 is 4.79 Å². The number of fused-ring (bicyclic) bond motifs is 2. The quantitative estimate of drug-likeness (QED) is 0.515. The number of Topliss-reactive ketones (excluding diaryl/α,β-unsaturated/α-hetero) is 1. The third kappa shape index (κ3) is 1.33. The van der Waals surface area contributed by atoms with E-state index in [1.54, 1.807) is 0 Å². The van der Waals surface area contributed by atoms with Crippen molar-refractivity contribution in [3.63, 3.8) is 0 Å². The number of carbonyl (C=O) groups is 1. The van der Waals surface area contributed by atoms with Crippen LogP contribution >= 0.6 is 63.7 Å². The largest absolute Gasteiger partial charge is 0.296 e. The standard InChI is InChI=1S/C10H12Br4O/c1-8-4-3-5(9(8,2)7(11)12)10(13,14)6(8)15/h5,7H,3-4H2,1-2H3/t5-,8-,9+/m0/s1. The zero-order valence-corrected chi connectivity index (χ0v) is 14.8. The molecular weight excluding hydrogens is 456 g/mol. The van der Waals surface area contributed by atoms with Crippen LogP contribution in [0.15, 0.2) is 0 Å². The van der Waals surface area contributed by atoms with Gasteiger partial charge in [0.25, 0.3) is 0 Å². The van der Waals surface area contributed by atoms with Crippen LogP contribution in [0.1, 0.15) is 26.7 Å². The molecule has 0 radical (unpaired) electrons. The van der Waals surface area contributed by atoms with Gasteiger partial charge < -0.3 is 0 Å². The van der Waals surface area contributed by atoms with Crippen molar-refractivity contribution in [1.82, 2.24) is 0 Å². The Labute approximate surface area is 124 Å². The monoisotopic (exact) mass is 464 g/mol. The number of rotatable bonds is 1. The van der Waals surface area contributed by atoms with Gasteiger partial charge in [-0.05, 0) is 18.8 Å². The molecule has 0 heterocycles. The first-order chi connectivity index (χ1) is 6.69. The zero-order chi connectivity index (χ0) is 11.6.